The van der Waals surface area contributed by atoms with E-state index in [4.69, 9.17) is 5.26 Å². The summed E-state index contributed by atoms with van der Waals surface area (Å²) >= 11 is 0. The second-order valence-electron chi connectivity index (χ2n) is 6.33. The van der Waals surface area contributed by atoms with E-state index >= 15 is 0 Å². The number of benzene rings is 2. The Morgan fingerprint density at radius 2 is 1.59 bits per heavy atom. The molecule has 2 N–H and O–H groups in total. The zero-order valence-electron chi connectivity index (χ0n) is 15.4. The molecule has 0 radical (unpaired) electrons. The standard InChI is InChI=1S/C21H19N5O/c1-13-8-14(2)10-18(9-13)25-20-11-19(23-15(3)24-20)21(27)26-17-6-4-16(12-22)5-7-17/h4-11H,1-3H3,(H,26,27)(H,23,24,25). The van der Waals surface area contributed by atoms with Crippen LogP contribution in [0.15, 0.2) is 48.5 Å². The van der Waals surface area contributed by atoms with E-state index in [0.717, 1.165) is 16.8 Å². The number of hydrogen-bond acceptors (Lipinski definition) is 5. The Morgan fingerprint density at radius 1 is 0.926 bits per heavy atom. The lowest BCUT2D eigenvalue weighted by Crippen LogP contribution is -2.15. The van der Waals surface area contributed by atoms with Crippen molar-refractivity contribution in [3.8, 4) is 6.07 Å². The van der Waals surface area contributed by atoms with Crippen molar-refractivity contribution in [3.05, 3.63) is 76.7 Å². The van der Waals surface area contributed by atoms with Gasteiger partial charge in [0.05, 0.1) is 11.6 Å². The fourth-order valence-electron chi connectivity index (χ4n) is 2.77. The van der Waals surface area contributed by atoms with E-state index < -0.39 is 0 Å². The summed E-state index contributed by atoms with van der Waals surface area (Å²) in [4.78, 5) is 21.1. The smallest absolute Gasteiger partial charge is 0.274 e. The van der Waals surface area contributed by atoms with Gasteiger partial charge in [-0.15, -0.1) is 0 Å². The predicted molar refractivity (Wildman–Crippen MR) is 105 cm³/mol. The molecule has 0 fully saturated rings. The molecule has 134 valence electrons. The normalized spacial score (nSPS) is 10.1. The van der Waals surface area contributed by atoms with Gasteiger partial charge < -0.3 is 10.6 Å². The first-order chi connectivity index (χ1) is 12.9. The molecular weight excluding hydrogens is 338 g/mol. The van der Waals surface area contributed by atoms with Crippen molar-refractivity contribution >= 4 is 23.1 Å². The average Bonchev–Trinajstić information content (AvgIpc) is 2.61. The molecule has 1 amide bonds. The second kappa shape index (κ2) is 7.67. The van der Waals surface area contributed by atoms with Gasteiger partial charge in [0.1, 0.15) is 17.3 Å². The highest BCUT2D eigenvalue weighted by Gasteiger charge is 2.11. The summed E-state index contributed by atoms with van der Waals surface area (Å²) in [6.07, 6.45) is 0. The van der Waals surface area contributed by atoms with E-state index in [9.17, 15) is 4.79 Å². The molecule has 6 nitrogen and oxygen atoms in total. The number of amides is 1. The number of aromatic nitrogens is 2. The maximum atomic E-state index is 12.5. The molecule has 0 unspecified atom stereocenters. The third-order valence-corrected chi connectivity index (χ3v) is 3.84. The topological polar surface area (TPSA) is 90.7 Å². The molecule has 3 aromatic rings. The van der Waals surface area contributed by atoms with Gasteiger partial charge in [0.2, 0.25) is 0 Å². The molecule has 0 bridgehead atoms. The Balaban J connectivity index is 1.81. The number of carbonyl (C=O) groups excluding carboxylic acids is 1. The van der Waals surface area contributed by atoms with Crippen molar-refractivity contribution in [2.75, 3.05) is 10.6 Å². The van der Waals surface area contributed by atoms with Crippen molar-refractivity contribution in [3.63, 3.8) is 0 Å². The lowest BCUT2D eigenvalue weighted by atomic mass is 10.1. The predicted octanol–water partition coefficient (Wildman–Crippen LogP) is 4.27. The number of nitrogens with one attached hydrogen (secondary N) is 2. The number of nitriles is 1. The molecule has 0 aliphatic carbocycles. The van der Waals surface area contributed by atoms with Crippen molar-refractivity contribution in [1.29, 1.82) is 5.26 Å². The fraction of sp³-hybridized carbons (Fsp3) is 0.143. The van der Waals surface area contributed by atoms with Gasteiger partial charge in [-0.05, 0) is 68.3 Å². The van der Waals surface area contributed by atoms with Gasteiger partial charge >= 0.3 is 0 Å². The first-order valence-corrected chi connectivity index (χ1v) is 8.45. The van der Waals surface area contributed by atoms with E-state index in [1.165, 1.54) is 0 Å². The zero-order chi connectivity index (χ0) is 19.4. The summed E-state index contributed by atoms with van der Waals surface area (Å²) in [5.74, 6) is 0.709. The van der Waals surface area contributed by atoms with Gasteiger partial charge in [0, 0.05) is 17.4 Å². The van der Waals surface area contributed by atoms with Crippen LogP contribution in [0.5, 0.6) is 0 Å². The molecule has 3 rings (SSSR count). The minimum atomic E-state index is -0.339. The Hall–Kier alpha value is -3.72. The van der Waals surface area contributed by atoms with E-state index in [0.29, 0.717) is 22.9 Å². The largest absolute Gasteiger partial charge is 0.340 e. The Kier molecular flexibility index (Phi) is 5.13. The van der Waals surface area contributed by atoms with Crippen LogP contribution in [0.4, 0.5) is 17.2 Å². The van der Waals surface area contributed by atoms with Gasteiger partial charge in [-0.3, -0.25) is 4.79 Å². The summed E-state index contributed by atoms with van der Waals surface area (Å²) < 4.78 is 0. The van der Waals surface area contributed by atoms with Crippen LogP contribution in [-0.4, -0.2) is 15.9 Å². The molecule has 1 heterocycles. The SMILES string of the molecule is Cc1cc(C)cc(Nc2cc(C(=O)Nc3ccc(C#N)cc3)nc(C)n2)c1. The van der Waals surface area contributed by atoms with Crippen LogP contribution in [-0.2, 0) is 0 Å². The maximum absolute atomic E-state index is 12.5. The highest BCUT2D eigenvalue weighted by molar-refractivity contribution is 6.03. The minimum absolute atomic E-state index is 0.263. The fourth-order valence-corrected chi connectivity index (χ4v) is 2.77. The van der Waals surface area contributed by atoms with E-state index in [-0.39, 0.29) is 11.6 Å². The van der Waals surface area contributed by atoms with Crippen LogP contribution in [0, 0.1) is 32.1 Å². The van der Waals surface area contributed by atoms with Crippen molar-refractivity contribution in [2.24, 2.45) is 0 Å². The number of hydrogen-bond donors (Lipinski definition) is 2. The van der Waals surface area contributed by atoms with E-state index in [1.807, 2.05) is 32.0 Å². The van der Waals surface area contributed by atoms with Gasteiger partial charge in [0.15, 0.2) is 0 Å². The molecular formula is C21H19N5O. The molecule has 27 heavy (non-hydrogen) atoms. The van der Waals surface area contributed by atoms with Gasteiger partial charge in [0.25, 0.3) is 5.91 Å². The number of aryl methyl sites for hydroxylation is 3. The number of carbonyl (C=O) groups is 1. The van der Waals surface area contributed by atoms with Gasteiger partial charge in [-0.2, -0.15) is 5.26 Å². The monoisotopic (exact) mass is 357 g/mol. The number of nitrogens with zero attached hydrogens (tertiary/aromatic N) is 3. The summed E-state index contributed by atoms with van der Waals surface area (Å²) in [5.41, 5.74) is 4.58. The average molecular weight is 357 g/mol. The van der Waals surface area contributed by atoms with Crippen LogP contribution in [0.2, 0.25) is 0 Å². The molecule has 2 aromatic carbocycles. The van der Waals surface area contributed by atoms with Gasteiger partial charge in [-0.25, -0.2) is 9.97 Å². The lowest BCUT2D eigenvalue weighted by Gasteiger charge is -2.10. The van der Waals surface area contributed by atoms with Crippen molar-refractivity contribution < 1.29 is 4.79 Å². The first-order valence-electron chi connectivity index (χ1n) is 8.45. The third kappa shape index (κ3) is 4.67. The first kappa shape index (κ1) is 18.1. The molecule has 6 heteroatoms. The van der Waals surface area contributed by atoms with E-state index in [1.54, 1.807) is 37.3 Å². The Morgan fingerprint density at radius 3 is 2.22 bits per heavy atom. The number of anilines is 3. The highest BCUT2D eigenvalue weighted by Crippen LogP contribution is 2.19. The zero-order valence-corrected chi connectivity index (χ0v) is 15.4. The van der Waals surface area contributed by atoms with Crippen LogP contribution in [0.25, 0.3) is 0 Å². The van der Waals surface area contributed by atoms with Crippen molar-refractivity contribution in [2.45, 2.75) is 20.8 Å². The van der Waals surface area contributed by atoms with Gasteiger partial charge in [-0.1, -0.05) is 6.07 Å². The third-order valence-electron chi connectivity index (χ3n) is 3.84. The molecule has 0 spiro atoms. The van der Waals surface area contributed by atoms with Crippen LogP contribution in [0.3, 0.4) is 0 Å². The maximum Gasteiger partial charge on any atom is 0.274 e. The lowest BCUT2D eigenvalue weighted by molar-refractivity contribution is 0.102. The Labute approximate surface area is 157 Å². The number of rotatable bonds is 4. The van der Waals surface area contributed by atoms with Crippen molar-refractivity contribution in [1.82, 2.24) is 9.97 Å². The molecule has 0 atom stereocenters. The van der Waals surface area contributed by atoms with Crippen LogP contribution >= 0.6 is 0 Å². The molecule has 1 aromatic heterocycles. The Bertz CT molecular complexity index is 1020. The summed E-state index contributed by atoms with van der Waals surface area (Å²) in [6.45, 7) is 5.80. The summed E-state index contributed by atoms with van der Waals surface area (Å²) in [5, 5.41) is 14.9. The quantitative estimate of drug-likeness (QED) is 0.728. The summed E-state index contributed by atoms with van der Waals surface area (Å²) in [7, 11) is 0. The van der Waals surface area contributed by atoms with Crippen LogP contribution < -0.4 is 10.6 Å². The highest BCUT2D eigenvalue weighted by atomic mass is 16.1. The van der Waals surface area contributed by atoms with E-state index in [2.05, 4.69) is 26.7 Å². The minimum Gasteiger partial charge on any atom is -0.340 e. The van der Waals surface area contributed by atoms with Crippen LogP contribution in [0.1, 0.15) is 33.0 Å². The second-order valence-corrected chi connectivity index (χ2v) is 6.33. The molecule has 0 saturated heterocycles. The molecule has 0 aliphatic heterocycles. The molecule has 0 aliphatic rings. The molecule has 0 saturated carbocycles. The summed E-state index contributed by atoms with van der Waals surface area (Å²) in [6, 6.07) is 16.4.